The molecule has 100 valence electrons. The lowest BCUT2D eigenvalue weighted by atomic mass is 10.1. The molecule has 0 rings (SSSR count). The van der Waals surface area contributed by atoms with Crippen LogP contribution in [0, 0.1) is 5.92 Å². The zero-order valence-corrected chi connectivity index (χ0v) is 12.3. The second kappa shape index (κ2) is 7.61. The molecule has 0 heterocycles. The Morgan fingerprint density at radius 2 is 1.88 bits per heavy atom. The van der Waals surface area contributed by atoms with Gasteiger partial charge in [0.25, 0.3) is 0 Å². The SMILES string of the molecule is CC(C)CNC(=O)C(C)N(C)C(C)CC(N)=S. The molecular formula is C12H25N3OS. The van der Waals surface area contributed by atoms with Gasteiger partial charge in [-0.1, -0.05) is 26.1 Å². The van der Waals surface area contributed by atoms with Crippen LogP contribution in [0.5, 0.6) is 0 Å². The largest absolute Gasteiger partial charge is 0.393 e. The van der Waals surface area contributed by atoms with Gasteiger partial charge in [0.05, 0.1) is 11.0 Å². The number of carbonyl (C=O) groups excluding carboxylic acids is 1. The van der Waals surface area contributed by atoms with Crippen molar-refractivity contribution >= 4 is 23.1 Å². The molecule has 0 aromatic carbocycles. The number of amides is 1. The minimum absolute atomic E-state index is 0.0518. The van der Waals surface area contributed by atoms with Crippen LogP contribution in [0.15, 0.2) is 0 Å². The topological polar surface area (TPSA) is 58.4 Å². The molecular weight excluding hydrogens is 234 g/mol. The number of nitrogens with one attached hydrogen (secondary N) is 1. The Bertz CT molecular complexity index is 268. The zero-order valence-electron chi connectivity index (χ0n) is 11.5. The highest BCUT2D eigenvalue weighted by atomic mass is 32.1. The molecule has 0 spiro atoms. The van der Waals surface area contributed by atoms with Crippen LogP contribution < -0.4 is 11.1 Å². The van der Waals surface area contributed by atoms with Crippen molar-refractivity contribution < 1.29 is 4.79 Å². The summed E-state index contributed by atoms with van der Waals surface area (Å²) in [7, 11) is 1.92. The van der Waals surface area contributed by atoms with Crippen LogP contribution in [0.4, 0.5) is 0 Å². The van der Waals surface area contributed by atoms with Crippen LogP contribution in [0.2, 0.25) is 0 Å². The molecule has 0 aliphatic carbocycles. The molecule has 0 aliphatic heterocycles. The van der Waals surface area contributed by atoms with Gasteiger partial charge in [-0.2, -0.15) is 0 Å². The minimum atomic E-state index is -0.168. The third-order valence-electron chi connectivity index (χ3n) is 2.87. The molecule has 4 nitrogen and oxygen atoms in total. The first-order chi connectivity index (χ1) is 7.75. The summed E-state index contributed by atoms with van der Waals surface area (Å²) in [6.07, 6.45) is 0.633. The Morgan fingerprint density at radius 3 is 2.29 bits per heavy atom. The first kappa shape index (κ1) is 16.3. The molecule has 0 bridgehead atoms. The quantitative estimate of drug-likeness (QED) is 0.673. The summed E-state index contributed by atoms with van der Waals surface area (Å²) in [4.78, 5) is 14.3. The first-order valence-corrected chi connectivity index (χ1v) is 6.44. The molecule has 2 unspecified atom stereocenters. The van der Waals surface area contributed by atoms with Crippen LogP contribution in [0.25, 0.3) is 0 Å². The van der Waals surface area contributed by atoms with Crippen molar-refractivity contribution in [3.63, 3.8) is 0 Å². The van der Waals surface area contributed by atoms with Gasteiger partial charge in [0.1, 0.15) is 0 Å². The average Bonchev–Trinajstić information content (AvgIpc) is 2.22. The fourth-order valence-corrected chi connectivity index (χ4v) is 1.70. The molecule has 0 saturated carbocycles. The molecule has 0 radical (unpaired) electrons. The maximum Gasteiger partial charge on any atom is 0.237 e. The van der Waals surface area contributed by atoms with E-state index in [1.807, 2.05) is 25.8 Å². The predicted molar refractivity (Wildman–Crippen MR) is 75.9 cm³/mol. The second-order valence-electron chi connectivity index (χ2n) is 5.00. The van der Waals surface area contributed by atoms with Gasteiger partial charge < -0.3 is 11.1 Å². The molecule has 3 N–H and O–H groups in total. The number of likely N-dealkylation sites (N-methyl/N-ethyl adjacent to an activating group) is 1. The van der Waals surface area contributed by atoms with Gasteiger partial charge in [0.15, 0.2) is 0 Å². The van der Waals surface area contributed by atoms with Crippen LogP contribution in [0.3, 0.4) is 0 Å². The number of nitrogens with two attached hydrogens (primary N) is 1. The van der Waals surface area contributed by atoms with Crippen molar-refractivity contribution in [3.8, 4) is 0 Å². The third kappa shape index (κ3) is 6.58. The Balaban J connectivity index is 4.23. The normalized spacial score (nSPS) is 14.8. The van der Waals surface area contributed by atoms with Crippen molar-refractivity contribution in [2.75, 3.05) is 13.6 Å². The minimum Gasteiger partial charge on any atom is -0.393 e. The molecule has 0 aliphatic rings. The standard InChI is InChI=1S/C12H25N3OS/c1-8(2)7-14-12(16)10(4)15(5)9(3)6-11(13)17/h8-10H,6-7H2,1-5H3,(H2,13,17)(H,14,16). The first-order valence-electron chi connectivity index (χ1n) is 6.03. The lowest BCUT2D eigenvalue weighted by Gasteiger charge is -2.29. The zero-order chi connectivity index (χ0) is 13.6. The number of carbonyl (C=O) groups is 1. The Labute approximate surface area is 110 Å². The van der Waals surface area contributed by atoms with Crippen molar-refractivity contribution in [2.24, 2.45) is 11.7 Å². The maximum absolute atomic E-state index is 11.9. The number of rotatable bonds is 7. The van der Waals surface area contributed by atoms with E-state index in [9.17, 15) is 4.79 Å². The van der Waals surface area contributed by atoms with Crippen molar-refractivity contribution in [3.05, 3.63) is 0 Å². The van der Waals surface area contributed by atoms with Crippen LogP contribution in [-0.4, -0.2) is 41.5 Å². The fraction of sp³-hybridized carbons (Fsp3) is 0.833. The highest BCUT2D eigenvalue weighted by Crippen LogP contribution is 2.06. The van der Waals surface area contributed by atoms with Gasteiger partial charge in [-0.25, -0.2) is 0 Å². The molecule has 0 fully saturated rings. The van der Waals surface area contributed by atoms with Crippen molar-refractivity contribution in [1.82, 2.24) is 10.2 Å². The highest BCUT2D eigenvalue weighted by Gasteiger charge is 2.22. The lowest BCUT2D eigenvalue weighted by molar-refractivity contribution is -0.126. The summed E-state index contributed by atoms with van der Waals surface area (Å²) in [6, 6.07) is 0.00500. The van der Waals surface area contributed by atoms with E-state index in [-0.39, 0.29) is 18.0 Å². The summed E-state index contributed by atoms with van der Waals surface area (Å²) in [6.45, 7) is 8.77. The van der Waals surface area contributed by atoms with Gasteiger partial charge in [-0.3, -0.25) is 9.69 Å². The fourth-order valence-electron chi connectivity index (χ4n) is 1.45. The summed E-state index contributed by atoms with van der Waals surface area (Å²) in [5.74, 6) is 0.515. The van der Waals surface area contributed by atoms with Gasteiger partial charge in [0.2, 0.25) is 5.91 Å². The molecule has 0 aromatic rings. The van der Waals surface area contributed by atoms with E-state index >= 15 is 0 Å². The summed E-state index contributed by atoms with van der Waals surface area (Å²) < 4.78 is 0. The Kier molecular flexibility index (Phi) is 7.30. The van der Waals surface area contributed by atoms with Crippen molar-refractivity contribution in [1.29, 1.82) is 0 Å². The van der Waals surface area contributed by atoms with E-state index in [1.54, 1.807) is 0 Å². The maximum atomic E-state index is 11.9. The molecule has 1 amide bonds. The highest BCUT2D eigenvalue weighted by molar-refractivity contribution is 7.80. The van der Waals surface area contributed by atoms with Crippen LogP contribution in [-0.2, 0) is 4.79 Å². The lowest BCUT2D eigenvalue weighted by Crippen LogP contribution is -2.48. The van der Waals surface area contributed by atoms with E-state index in [2.05, 4.69) is 19.2 Å². The number of nitrogens with zero attached hydrogens (tertiary/aromatic N) is 1. The van der Waals surface area contributed by atoms with Crippen molar-refractivity contribution in [2.45, 2.75) is 46.2 Å². The van der Waals surface area contributed by atoms with Crippen LogP contribution >= 0.6 is 12.2 Å². The van der Waals surface area contributed by atoms with Gasteiger partial charge >= 0.3 is 0 Å². The average molecular weight is 259 g/mol. The summed E-state index contributed by atoms with van der Waals surface area (Å²) in [5.41, 5.74) is 5.51. The Hall–Kier alpha value is -0.680. The molecule has 17 heavy (non-hydrogen) atoms. The Morgan fingerprint density at radius 1 is 1.35 bits per heavy atom. The molecule has 2 atom stereocenters. The third-order valence-corrected chi connectivity index (χ3v) is 3.03. The van der Waals surface area contributed by atoms with Gasteiger partial charge in [-0.15, -0.1) is 0 Å². The predicted octanol–water partition coefficient (Wildman–Crippen LogP) is 1.14. The van der Waals surface area contributed by atoms with E-state index in [0.717, 1.165) is 0 Å². The number of hydrogen-bond acceptors (Lipinski definition) is 3. The number of thiocarbonyl (C=S) groups is 1. The van der Waals surface area contributed by atoms with E-state index in [0.29, 0.717) is 23.9 Å². The molecule has 0 aromatic heterocycles. The van der Waals surface area contributed by atoms with Gasteiger partial charge in [-0.05, 0) is 26.8 Å². The molecule has 0 saturated heterocycles. The second-order valence-corrected chi connectivity index (χ2v) is 5.52. The van der Waals surface area contributed by atoms with E-state index in [4.69, 9.17) is 18.0 Å². The van der Waals surface area contributed by atoms with E-state index in [1.165, 1.54) is 0 Å². The summed E-state index contributed by atoms with van der Waals surface area (Å²) >= 11 is 4.88. The number of hydrogen-bond donors (Lipinski definition) is 2. The smallest absolute Gasteiger partial charge is 0.237 e. The summed E-state index contributed by atoms with van der Waals surface area (Å²) in [5, 5.41) is 2.93. The van der Waals surface area contributed by atoms with Gasteiger partial charge in [0, 0.05) is 19.0 Å². The monoisotopic (exact) mass is 259 g/mol. The van der Waals surface area contributed by atoms with E-state index < -0.39 is 0 Å². The molecule has 5 heteroatoms. The van der Waals surface area contributed by atoms with Crippen LogP contribution in [0.1, 0.15) is 34.1 Å².